The minimum Gasteiger partial charge on any atom is -0.507 e. The minimum atomic E-state index is -0.430. The van der Waals surface area contributed by atoms with Gasteiger partial charge >= 0.3 is 6.03 Å². The zero-order valence-corrected chi connectivity index (χ0v) is 18.5. The van der Waals surface area contributed by atoms with Gasteiger partial charge in [-0.25, -0.2) is 4.79 Å². The molecule has 0 aromatic heterocycles. The van der Waals surface area contributed by atoms with Gasteiger partial charge in [-0.2, -0.15) is 0 Å². The SMILES string of the molecule is CC(C)(C)c1cc(/C=C2\NC(=O)N(Cc3ccccc3)C2=O)cc(C(C)(C)C)c1O. The van der Waals surface area contributed by atoms with Gasteiger partial charge in [-0.05, 0) is 40.2 Å². The molecular formula is C25H30N2O3. The van der Waals surface area contributed by atoms with Gasteiger partial charge in [0, 0.05) is 11.1 Å². The molecule has 0 spiro atoms. The predicted octanol–water partition coefficient (Wildman–Crippen LogP) is 5.08. The number of carbonyl (C=O) groups excluding carboxylic acids is 2. The van der Waals surface area contributed by atoms with Crippen LogP contribution in [0.4, 0.5) is 4.79 Å². The van der Waals surface area contributed by atoms with Crippen molar-refractivity contribution in [2.24, 2.45) is 0 Å². The first-order chi connectivity index (χ1) is 13.9. The van der Waals surface area contributed by atoms with Crippen molar-refractivity contribution in [3.05, 3.63) is 70.4 Å². The quantitative estimate of drug-likeness (QED) is 0.552. The Kier molecular flexibility index (Phi) is 5.50. The standard InChI is InChI=1S/C25H30N2O3/c1-24(2,3)18-12-17(13-19(21(18)28)25(4,5)6)14-20-22(29)27(23(30)26-20)15-16-10-8-7-9-11-16/h7-14,28H,15H2,1-6H3,(H,26,30)/b20-14-. The van der Waals surface area contributed by atoms with E-state index in [4.69, 9.17) is 0 Å². The molecule has 0 atom stereocenters. The molecule has 1 fully saturated rings. The van der Waals surface area contributed by atoms with Crippen molar-refractivity contribution >= 4 is 18.0 Å². The van der Waals surface area contributed by atoms with Crippen molar-refractivity contribution in [3.8, 4) is 5.75 Å². The van der Waals surface area contributed by atoms with Crippen LogP contribution in [0.15, 0.2) is 48.2 Å². The van der Waals surface area contributed by atoms with Crippen LogP contribution < -0.4 is 5.32 Å². The Hall–Kier alpha value is -3.08. The molecule has 158 valence electrons. The molecule has 5 nitrogen and oxygen atoms in total. The predicted molar refractivity (Wildman–Crippen MR) is 119 cm³/mol. The summed E-state index contributed by atoms with van der Waals surface area (Å²) in [6.45, 7) is 12.4. The number of phenols is 1. The molecule has 0 unspecified atom stereocenters. The molecule has 1 aliphatic heterocycles. The van der Waals surface area contributed by atoms with Gasteiger partial charge in [0.15, 0.2) is 0 Å². The maximum atomic E-state index is 12.9. The number of urea groups is 1. The molecule has 3 rings (SSSR count). The van der Waals surface area contributed by atoms with E-state index in [0.29, 0.717) is 0 Å². The average Bonchev–Trinajstić information content (AvgIpc) is 2.89. The highest BCUT2D eigenvalue weighted by molar-refractivity contribution is 6.13. The van der Waals surface area contributed by atoms with Crippen LogP contribution in [-0.4, -0.2) is 21.9 Å². The molecule has 2 aromatic carbocycles. The summed E-state index contributed by atoms with van der Waals surface area (Å²) in [5, 5.41) is 13.6. The first-order valence-electron chi connectivity index (χ1n) is 10.1. The Morgan fingerprint density at radius 3 is 1.97 bits per heavy atom. The van der Waals surface area contributed by atoms with Gasteiger partial charge in [-0.15, -0.1) is 0 Å². The third-order valence-corrected chi connectivity index (χ3v) is 5.21. The third-order valence-electron chi connectivity index (χ3n) is 5.21. The van der Waals surface area contributed by atoms with Crippen molar-refractivity contribution in [2.45, 2.75) is 58.9 Å². The normalized spacial score (nSPS) is 16.3. The molecule has 0 aliphatic carbocycles. The molecule has 1 saturated heterocycles. The van der Waals surface area contributed by atoms with Crippen LogP contribution in [0.2, 0.25) is 0 Å². The third kappa shape index (κ3) is 4.40. The minimum absolute atomic E-state index is 0.221. The number of nitrogens with zero attached hydrogens (tertiary/aromatic N) is 1. The highest BCUT2D eigenvalue weighted by Gasteiger charge is 2.34. The summed E-state index contributed by atoms with van der Waals surface area (Å²) in [7, 11) is 0. The highest BCUT2D eigenvalue weighted by Crippen LogP contribution is 2.40. The molecule has 30 heavy (non-hydrogen) atoms. The lowest BCUT2D eigenvalue weighted by molar-refractivity contribution is -0.123. The molecule has 1 aliphatic rings. The summed E-state index contributed by atoms with van der Waals surface area (Å²) in [5.74, 6) is -0.0730. The molecule has 2 aromatic rings. The molecule has 0 bridgehead atoms. The number of carbonyl (C=O) groups is 2. The number of hydrogen-bond donors (Lipinski definition) is 2. The topological polar surface area (TPSA) is 69.6 Å². The summed E-state index contributed by atoms with van der Waals surface area (Å²) < 4.78 is 0. The van der Waals surface area contributed by atoms with Crippen LogP contribution in [-0.2, 0) is 22.2 Å². The maximum absolute atomic E-state index is 12.9. The molecule has 0 saturated carbocycles. The summed E-state index contributed by atoms with van der Waals surface area (Å²) in [4.78, 5) is 26.5. The number of phenolic OH excluding ortho intramolecular Hbond substituents is 1. The number of nitrogens with one attached hydrogen (secondary N) is 1. The molecule has 1 heterocycles. The van der Waals surface area contributed by atoms with Gasteiger partial charge in [0.1, 0.15) is 11.4 Å². The zero-order chi connectivity index (χ0) is 22.3. The van der Waals surface area contributed by atoms with E-state index in [9.17, 15) is 14.7 Å². The number of hydrogen-bond acceptors (Lipinski definition) is 3. The summed E-state index contributed by atoms with van der Waals surface area (Å²) in [5.41, 5.74) is 2.95. The van der Waals surface area contributed by atoms with Crippen molar-refractivity contribution in [2.75, 3.05) is 0 Å². The van der Waals surface area contributed by atoms with Crippen LogP contribution in [0, 0.1) is 0 Å². The summed E-state index contributed by atoms with van der Waals surface area (Å²) in [6.07, 6.45) is 1.69. The van der Waals surface area contributed by atoms with E-state index in [1.165, 1.54) is 4.90 Å². The summed E-state index contributed by atoms with van der Waals surface area (Å²) in [6, 6.07) is 12.8. The van der Waals surface area contributed by atoms with Gasteiger partial charge in [0.05, 0.1) is 6.54 Å². The Balaban J connectivity index is 2.00. The number of rotatable bonds is 3. The van der Waals surface area contributed by atoms with Crippen LogP contribution in [0.1, 0.15) is 63.8 Å². The fourth-order valence-electron chi connectivity index (χ4n) is 3.53. The fraction of sp³-hybridized carbons (Fsp3) is 0.360. The van der Waals surface area contributed by atoms with Crippen LogP contribution >= 0.6 is 0 Å². The monoisotopic (exact) mass is 406 g/mol. The smallest absolute Gasteiger partial charge is 0.329 e. The van der Waals surface area contributed by atoms with Gasteiger partial charge in [0.2, 0.25) is 0 Å². The second-order valence-electron chi connectivity index (χ2n) is 9.83. The lowest BCUT2D eigenvalue weighted by Gasteiger charge is -2.28. The van der Waals surface area contributed by atoms with E-state index < -0.39 is 6.03 Å². The molecule has 2 N–H and O–H groups in total. The Bertz CT molecular complexity index is 974. The largest absolute Gasteiger partial charge is 0.507 e. The van der Waals surface area contributed by atoms with Crippen LogP contribution in [0.25, 0.3) is 6.08 Å². The second kappa shape index (κ2) is 7.63. The van der Waals surface area contributed by atoms with E-state index in [0.717, 1.165) is 22.3 Å². The maximum Gasteiger partial charge on any atom is 0.329 e. The lowest BCUT2D eigenvalue weighted by Crippen LogP contribution is -2.30. The zero-order valence-electron chi connectivity index (χ0n) is 18.5. The van der Waals surface area contributed by atoms with Crippen LogP contribution in [0.3, 0.4) is 0 Å². The van der Waals surface area contributed by atoms with Crippen molar-refractivity contribution in [3.63, 3.8) is 0 Å². The Labute approximate surface area is 178 Å². The van der Waals surface area contributed by atoms with Crippen molar-refractivity contribution < 1.29 is 14.7 Å². The highest BCUT2D eigenvalue weighted by atomic mass is 16.3. The van der Waals surface area contributed by atoms with E-state index >= 15 is 0 Å². The number of amides is 3. The van der Waals surface area contributed by atoms with E-state index in [2.05, 4.69) is 5.32 Å². The molecular weight excluding hydrogens is 376 g/mol. The van der Waals surface area contributed by atoms with Crippen molar-refractivity contribution in [1.29, 1.82) is 0 Å². The lowest BCUT2D eigenvalue weighted by atomic mass is 9.78. The van der Waals surface area contributed by atoms with Crippen molar-refractivity contribution in [1.82, 2.24) is 10.2 Å². The van der Waals surface area contributed by atoms with E-state index in [1.807, 2.05) is 84.0 Å². The van der Waals surface area contributed by atoms with Crippen LogP contribution in [0.5, 0.6) is 5.75 Å². The molecule has 0 radical (unpaired) electrons. The van der Waals surface area contributed by atoms with Gasteiger partial charge in [-0.3, -0.25) is 9.69 Å². The average molecular weight is 407 g/mol. The van der Waals surface area contributed by atoms with E-state index in [1.54, 1.807) is 6.08 Å². The van der Waals surface area contributed by atoms with E-state index in [-0.39, 0.29) is 34.7 Å². The number of benzene rings is 2. The fourth-order valence-corrected chi connectivity index (χ4v) is 3.53. The first kappa shape index (κ1) is 21.6. The van der Waals surface area contributed by atoms with Gasteiger partial charge < -0.3 is 10.4 Å². The Morgan fingerprint density at radius 1 is 0.933 bits per heavy atom. The van der Waals surface area contributed by atoms with Gasteiger partial charge in [0.25, 0.3) is 5.91 Å². The Morgan fingerprint density at radius 2 is 1.47 bits per heavy atom. The second-order valence-corrected chi connectivity index (χ2v) is 9.83. The number of aromatic hydroxyl groups is 1. The number of imide groups is 1. The molecule has 5 heteroatoms. The first-order valence-corrected chi connectivity index (χ1v) is 10.1. The molecule has 3 amide bonds. The van der Waals surface area contributed by atoms with Gasteiger partial charge in [-0.1, -0.05) is 71.9 Å². The summed E-state index contributed by atoms with van der Waals surface area (Å²) >= 11 is 0.